The number of rotatable bonds is 2. The van der Waals surface area contributed by atoms with E-state index in [-0.39, 0.29) is 0 Å². The molecule has 1 aliphatic heterocycles. The van der Waals surface area contributed by atoms with Crippen LogP contribution in [0.4, 0.5) is 0 Å². The standard InChI is InChI=1S/C11H13Cl2N/c1-11(6-14-7-11)5-8-2-3-9(12)4-10(8)13/h2-4,14H,5-7H2,1H3. The van der Waals surface area contributed by atoms with E-state index in [1.54, 1.807) is 0 Å². The summed E-state index contributed by atoms with van der Waals surface area (Å²) in [6, 6.07) is 5.74. The zero-order valence-electron chi connectivity index (χ0n) is 8.11. The summed E-state index contributed by atoms with van der Waals surface area (Å²) < 4.78 is 0. The van der Waals surface area contributed by atoms with Crippen LogP contribution in [-0.4, -0.2) is 13.1 Å². The molecule has 0 aromatic heterocycles. The first kappa shape index (κ1) is 10.3. The van der Waals surface area contributed by atoms with Crippen molar-refractivity contribution in [2.24, 2.45) is 5.41 Å². The van der Waals surface area contributed by atoms with Crippen LogP contribution in [0.25, 0.3) is 0 Å². The van der Waals surface area contributed by atoms with E-state index in [1.165, 1.54) is 5.56 Å². The van der Waals surface area contributed by atoms with Crippen molar-refractivity contribution in [3.8, 4) is 0 Å². The van der Waals surface area contributed by atoms with Crippen molar-refractivity contribution >= 4 is 23.2 Å². The van der Waals surface area contributed by atoms with Crippen molar-refractivity contribution < 1.29 is 0 Å². The minimum Gasteiger partial charge on any atom is -0.316 e. The Bertz CT molecular complexity index is 345. The molecule has 0 aliphatic carbocycles. The molecule has 0 bridgehead atoms. The number of benzene rings is 1. The average molecular weight is 230 g/mol. The Hall–Kier alpha value is -0.240. The molecule has 1 aromatic rings. The third-order valence-electron chi connectivity index (χ3n) is 2.74. The van der Waals surface area contributed by atoms with E-state index in [0.717, 1.165) is 24.5 Å². The summed E-state index contributed by atoms with van der Waals surface area (Å²) in [5, 5.41) is 4.77. The molecule has 1 aliphatic rings. The van der Waals surface area contributed by atoms with Crippen LogP contribution in [0, 0.1) is 5.41 Å². The zero-order chi connectivity index (χ0) is 10.2. The van der Waals surface area contributed by atoms with Gasteiger partial charge in [0.25, 0.3) is 0 Å². The second kappa shape index (κ2) is 3.73. The van der Waals surface area contributed by atoms with Gasteiger partial charge >= 0.3 is 0 Å². The maximum Gasteiger partial charge on any atom is 0.0453 e. The van der Waals surface area contributed by atoms with E-state index in [1.807, 2.05) is 18.2 Å². The minimum atomic E-state index is 0.372. The zero-order valence-corrected chi connectivity index (χ0v) is 9.62. The lowest BCUT2D eigenvalue weighted by molar-refractivity contribution is 0.195. The Morgan fingerprint density at radius 1 is 1.36 bits per heavy atom. The smallest absolute Gasteiger partial charge is 0.0453 e. The van der Waals surface area contributed by atoms with Gasteiger partial charge in [-0.2, -0.15) is 0 Å². The Balaban J connectivity index is 2.16. The van der Waals surface area contributed by atoms with E-state index >= 15 is 0 Å². The molecule has 2 rings (SSSR count). The molecular weight excluding hydrogens is 217 g/mol. The molecule has 1 saturated heterocycles. The quantitative estimate of drug-likeness (QED) is 0.822. The van der Waals surface area contributed by atoms with Gasteiger partial charge in [0, 0.05) is 23.1 Å². The maximum absolute atomic E-state index is 6.11. The Labute approximate surface area is 94.4 Å². The molecule has 0 saturated carbocycles. The fourth-order valence-electron chi connectivity index (χ4n) is 1.80. The number of nitrogens with one attached hydrogen (secondary N) is 1. The summed E-state index contributed by atoms with van der Waals surface area (Å²) in [4.78, 5) is 0. The van der Waals surface area contributed by atoms with Crippen molar-refractivity contribution in [3.05, 3.63) is 33.8 Å². The van der Waals surface area contributed by atoms with Crippen LogP contribution in [0.1, 0.15) is 12.5 Å². The van der Waals surface area contributed by atoms with Crippen LogP contribution in [0.3, 0.4) is 0 Å². The topological polar surface area (TPSA) is 12.0 Å². The molecule has 0 unspecified atom stereocenters. The van der Waals surface area contributed by atoms with Crippen LogP contribution in [0.2, 0.25) is 10.0 Å². The predicted molar refractivity (Wildman–Crippen MR) is 61.1 cm³/mol. The van der Waals surface area contributed by atoms with Gasteiger partial charge in [0.15, 0.2) is 0 Å². The van der Waals surface area contributed by atoms with Gasteiger partial charge < -0.3 is 5.32 Å². The molecule has 1 nitrogen and oxygen atoms in total. The fraction of sp³-hybridized carbons (Fsp3) is 0.455. The minimum absolute atomic E-state index is 0.372. The van der Waals surface area contributed by atoms with Crippen molar-refractivity contribution in [3.63, 3.8) is 0 Å². The largest absolute Gasteiger partial charge is 0.316 e. The monoisotopic (exact) mass is 229 g/mol. The van der Waals surface area contributed by atoms with Gasteiger partial charge in [0.1, 0.15) is 0 Å². The second-order valence-corrected chi connectivity index (χ2v) is 5.17. The van der Waals surface area contributed by atoms with Crippen LogP contribution in [0.5, 0.6) is 0 Å². The van der Waals surface area contributed by atoms with Gasteiger partial charge in [-0.05, 0) is 29.5 Å². The SMILES string of the molecule is CC1(Cc2ccc(Cl)cc2Cl)CNC1. The van der Waals surface area contributed by atoms with Gasteiger partial charge in [-0.3, -0.25) is 0 Å². The molecule has 76 valence electrons. The first-order valence-corrected chi connectivity index (χ1v) is 5.49. The van der Waals surface area contributed by atoms with Gasteiger partial charge in [0.05, 0.1) is 0 Å². The molecule has 0 amide bonds. The first-order valence-electron chi connectivity index (χ1n) is 4.74. The Morgan fingerprint density at radius 3 is 2.57 bits per heavy atom. The van der Waals surface area contributed by atoms with Crippen LogP contribution in [-0.2, 0) is 6.42 Å². The second-order valence-electron chi connectivity index (χ2n) is 4.33. The Morgan fingerprint density at radius 2 is 2.07 bits per heavy atom. The lowest BCUT2D eigenvalue weighted by atomic mass is 9.78. The lowest BCUT2D eigenvalue weighted by Gasteiger charge is -2.39. The third-order valence-corrected chi connectivity index (χ3v) is 3.32. The summed E-state index contributed by atoms with van der Waals surface area (Å²) in [6.07, 6.45) is 1.02. The van der Waals surface area contributed by atoms with Crippen molar-refractivity contribution in [2.75, 3.05) is 13.1 Å². The summed E-state index contributed by atoms with van der Waals surface area (Å²) in [7, 11) is 0. The number of hydrogen-bond donors (Lipinski definition) is 1. The molecule has 1 N–H and O–H groups in total. The van der Waals surface area contributed by atoms with Gasteiger partial charge in [0.2, 0.25) is 0 Å². The predicted octanol–water partition coefficient (Wildman–Crippen LogP) is 3.15. The van der Waals surface area contributed by atoms with Gasteiger partial charge in [-0.1, -0.05) is 36.2 Å². The summed E-state index contributed by atoms with van der Waals surface area (Å²) in [5.74, 6) is 0. The van der Waals surface area contributed by atoms with Crippen LogP contribution >= 0.6 is 23.2 Å². The number of halogens is 2. The molecule has 1 heterocycles. The first-order chi connectivity index (χ1) is 6.59. The highest BCUT2D eigenvalue weighted by atomic mass is 35.5. The van der Waals surface area contributed by atoms with Crippen molar-refractivity contribution in [2.45, 2.75) is 13.3 Å². The molecule has 3 heteroatoms. The molecule has 0 spiro atoms. The van der Waals surface area contributed by atoms with Crippen LogP contribution in [0.15, 0.2) is 18.2 Å². The lowest BCUT2D eigenvalue weighted by Crippen LogP contribution is -2.52. The highest BCUT2D eigenvalue weighted by molar-refractivity contribution is 6.35. The molecule has 14 heavy (non-hydrogen) atoms. The molecule has 0 radical (unpaired) electrons. The van der Waals surface area contributed by atoms with Gasteiger partial charge in [-0.15, -0.1) is 0 Å². The third kappa shape index (κ3) is 2.05. The van der Waals surface area contributed by atoms with E-state index in [2.05, 4.69) is 12.2 Å². The van der Waals surface area contributed by atoms with E-state index in [9.17, 15) is 0 Å². The fourth-order valence-corrected chi connectivity index (χ4v) is 2.28. The molecule has 1 aromatic carbocycles. The molecule has 0 atom stereocenters. The van der Waals surface area contributed by atoms with Crippen molar-refractivity contribution in [1.29, 1.82) is 0 Å². The highest BCUT2D eigenvalue weighted by Gasteiger charge is 2.31. The molecule has 1 fully saturated rings. The Kier molecular flexibility index (Phi) is 2.74. The number of hydrogen-bond acceptors (Lipinski definition) is 1. The van der Waals surface area contributed by atoms with Crippen molar-refractivity contribution in [1.82, 2.24) is 5.32 Å². The van der Waals surface area contributed by atoms with E-state index < -0.39 is 0 Å². The summed E-state index contributed by atoms with van der Waals surface area (Å²) in [5.41, 5.74) is 1.57. The highest BCUT2D eigenvalue weighted by Crippen LogP contribution is 2.31. The van der Waals surface area contributed by atoms with Crippen LogP contribution < -0.4 is 5.32 Å². The maximum atomic E-state index is 6.11. The summed E-state index contributed by atoms with van der Waals surface area (Å²) in [6.45, 7) is 4.42. The molecular formula is C11H13Cl2N. The summed E-state index contributed by atoms with van der Waals surface area (Å²) >= 11 is 12.0. The van der Waals surface area contributed by atoms with Gasteiger partial charge in [-0.25, -0.2) is 0 Å². The normalized spacial score (nSPS) is 19.1. The van der Waals surface area contributed by atoms with E-state index in [4.69, 9.17) is 23.2 Å². The van der Waals surface area contributed by atoms with E-state index in [0.29, 0.717) is 10.4 Å². The average Bonchev–Trinajstić information content (AvgIpc) is 2.07.